The first-order chi connectivity index (χ1) is 9.94. The molecule has 2 rings (SSSR count). The number of methoxy groups -OCH3 is 1. The van der Waals surface area contributed by atoms with Crippen molar-refractivity contribution in [1.82, 2.24) is 4.98 Å². The monoisotopic (exact) mass is 308 g/mol. The Hall–Kier alpha value is -2.12. The van der Waals surface area contributed by atoms with E-state index in [4.69, 9.17) is 15.2 Å². The molecule has 0 atom stereocenters. The second-order valence-electron chi connectivity index (χ2n) is 4.40. The summed E-state index contributed by atoms with van der Waals surface area (Å²) in [7, 11) is -1.90. The second-order valence-corrected chi connectivity index (χ2v) is 6.39. The van der Waals surface area contributed by atoms with Crippen molar-refractivity contribution < 1.29 is 17.9 Å². The number of ether oxygens (including phenoxy) is 2. The van der Waals surface area contributed by atoms with Crippen LogP contribution in [0.3, 0.4) is 0 Å². The van der Waals surface area contributed by atoms with Crippen molar-refractivity contribution in [1.29, 1.82) is 0 Å². The summed E-state index contributed by atoms with van der Waals surface area (Å²) in [5.74, 6) is 1.01. The van der Waals surface area contributed by atoms with Gasteiger partial charge < -0.3 is 15.2 Å². The molecule has 2 aromatic rings. The number of sulfone groups is 1. The Morgan fingerprint density at radius 2 is 1.95 bits per heavy atom. The van der Waals surface area contributed by atoms with Crippen molar-refractivity contribution in [2.75, 3.05) is 13.4 Å². The molecule has 0 bridgehead atoms. The predicted octanol–water partition coefficient (Wildman–Crippen LogP) is 1.74. The third kappa shape index (κ3) is 3.71. The first kappa shape index (κ1) is 15.3. The summed E-state index contributed by atoms with van der Waals surface area (Å²) < 4.78 is 34.2. The predicted molar refractivity (Wildman–Crippen MR) is 78.3 cm³/mol. The highest BCUT2D eigenvalue weighted by Gasteiger charge is 2.16. The normalized spacial score (nSPS) is 11.2. The molecule has 6 nitrogen and oxygen atoms in total. The number of hydrogen-bond acceptors (Lipinski definition) is 6. The van der Waals surface area contributed by atoms with Crippen molar-refractivity contribution in [3.63, 3.8) is 0 Å². The van der Waals surface area contributed by atoms with Gasteiger partial charge in [-0.15, -0.1) is 0 Å². The van der Waals surface area contributed by atoms with Gasteiger partial charge in [-0.3, -0.25) is 0 Å². The summed E-state index contributed by atoms with van der Waals surface area (Å²) in [5, 5.41) is 0. The molecule has 0 aliphatic carbocycles. The Morgan fingerprint density at radius 1 is 1.24 bits per heavy atom. The SMILES string of the molecule is COc1cc(CN)cc(Oc2ncccc2S(C)(=O)=O)c1. The average molecular weight is 308 g/mol. The molecule has 0 saturated heterocycles. The van der Waals surface area contributed by atoms with E-state index in [2.05, 4.69) is 4.98 Å². The van der Waals surface area contributed by atoms with Crippen molar-refractivity contribution in [3.05, 3.63) is 42.1 Å². The van der Waals surface area contributed by atoms with Gasteiger partial charge in [0.25, 0.3) is 0 Å². The first-order valence-corrected chi connectivity index (χ1v) is 8.04. The van der Waals surface area contributed by atoms with Gasteiger partial charge in [0.1, 0.15) is 16.4 Å². The Labute approximate surface area is 123 Å². The van der Waals surface area contributed by atoms with Crippen LogP contribution in [0.25, 0.3) is 0 Å². The average Bonchev–Trinajstić information content (AvgIpc) is 2.46. The van der Waals surface area contributed by atoms with Gasteiger partial charge in [-0.25, -0.2) is 13.4 Å². The van der Waals surface area contributed by atoms with Crippen molar-refractivity contribution in [2.24, 2.45) is 5.73 Å². The largest absolute Gasteiger partial charge is 0.497 e. The van der Waals surface area contributed by atoms with Crippen LogP contribution in [-0.2, 0) is 16.4 Å². The van der Waals surface area contributed by atoms with Gasteiger partial charge in [-0.05, 0) is 29.8 Å². The maximum absolute atomic E-state index is 11.7. The lowest BCUT2D eigenvalue weighted by molar-refractivity contribution is 0.404. The number of rotatable bonds is 5. The highest BCUT2D eigenvalue weighted by molar-refractivity contribution is 7.90. The molecular formula is C14H16N2O4S. The van der Waals surface area contributed by atoms with Crippen molar-refractivity contribution >= 4 is 9.84 Å². The molecule has 7 heteroatoms. The maximum atomic E-state index is 11.7. The van der Waals surface area contributed by atoms with Crippen LogP contribution in [0, 0.1) is 0 Å². The molecule has 0 saturated carbocycles. The fourth-order valence-electron chi connectivity index (χ4n) is 1.77. The Kier molecular flexibility index (Phi) is 4.44. The summed E-state index contributed by atoms with van der Waals surface area (Å²) in [6, 6.07) is 8.12. The van der Waals surface area contributed by atoms with E-state index >= 15 is 0 Å². The van der Waals surface area contributed by atoms with E-state index in [0.29, 0.717) is 18.0 Å². The van der Waals surface area contributed by atoms with Gasteiger partial charge >= 0.3 is 0 Å². The van der Waals surface area contributed by atoms with Crippen molar-refractivity contribution in [3.8, 4) is 17.4 Å². The van der Waals surface area contributed by atoms with Crippen LogP contribution in [0.5, 0.6) is 17.4 Å². The zero-order valence-electron chi connectivity index (χ0n) is 11.7. The minimum absolute atomic E-state index is 0.0243. The Bertz CT molecular complexity index is 722. The van der Waals surface area contributed by atoms with Crippen LogP contribution in [0.15, 0.2) is 41.4 Å². The van der Waals surface area contributed by atoms with E-state index < -0.39 is 9.84 Å². The van der Waals surface area contributed by atoms with E-state index in [1.54, 1.807) is 24.3 Å². The molecule has 0 aliphatic heterocycles. The highest BCUT2D eigenvalue weighted by atomic mass is 32.2. The van der Waals surface area contributed by atoms with E-state index in [-0.39, 0.29) is 10.8 Å². The van der Waals surface area contributed by atoms with Gasteiger partial charge in [-0.1, -0.05) is 0 Å². The van der Waals surface area contributed by atoms with Crippen molar-refractivity contribution in [2.45, 2.75) is 11.4 Å². The summed E-state index contributed by atoms with van der Waals surface area (Å²) in [5.41, 5.74) is 6.42. The summed E-state index contributed by atoms with van der Waals surface area (Å²) >= 11 is 0. The molecule has 0 amide bonds. The topological polar surface area (TPSA) is 91.5 Å². The molecule has 1 aromatic heterocycles. The van der Waals surface area contributed by atoms with Crippen LogP contribution in [0.2, 0.25) is 0 Å². The maximum Gasteiger partial charge on any atom is 0.238 e. The van der Waals surface area contributed by atoms with E-state index in [9.17, 15) is 8.42 Å². The summed E-state index contributed by atoms with van der Waals surface area (Å²) in [6.45, 7) is 0.314. The molecule has 1 aromatic carbocycles. The van der Waals surface area contributed by atoms with Gasteiger partial charge in [0.05, 0.1) is 7.11 Å². The Balaban J connectivity index is 2.43. The van der Waals surface area contributed by atoms with Crippen LogP contribution in [0.4, 0.5) is 0 Å². The van der Waals surface area contributed by atoms with E-state index in [1.807, 2.05) is 0 Å². The number of aromatic nitrogens is 1. The lowest BCUT2D eigenvalue weighted by Gasteiger charge is -2.11. The molecule has 112 valence electrons. The standard InChI is InChI=1S/C14H16N2O4S/c1-19-11-6-10(9-15)7-12(8-11)20-14-13(21(2,17)18)4-3-5-16-14/h3-8H,9,15H2,1-2H3. The van der Waals surface area contributed by atoms with E-state index in [1.165, 1.54) is 19.4 Å². The number of pyridine rings is 1. The molecule has 1 heterocycles. The minimum atomic E-state index is -3.43. The van der Waals surface area contributed by atoms with Crippen LogP contribution < -0.4 is 15.2 Å². The quantitative estimate of drug-likeness (QED) is 0.904. The molecule has 0 fully saturated rings. The third-order valence-electron chi connectivity index (χ3n) is 2.76. The van der Waals surface area contributed by atoms with Crippen LogP contribution in [0.1, 0.15) is 5.56 Å². The number of benzene rings is 1. The van der Waals surface area contributed by atoms with Crippen LogP contribution in [-0.4, -0.2) is 26.8 Å². The first-order valence-electron chi connectivity index (χ1n) is 6.15. The molecule has 0 spiro atoms. The summed E-state index contributed by atoms with van der Waals surface area (Å²) in [6.07, 6.45) is 2.57. The van der Waals surface area contributed by atoms with Gasteiger partial charge in [0, 0.05) is 25.1 Å². The van der Waals surface area contributed by atoms with Gasteiger partial charge in [-0.2, -0.15) is 0 Å². The van der Waals surface area contributed by atoms with Gasteiger partial charge in [0.15, 0.2) is 9.84 Å². The lowest BCUT2D eigenvalue weighted by Crippen LogP contribution is -2.02. The molecule has 2 N–H and O–H groups in total. The Morgan fingerprint density at radius 3 is 2.57 bits per heavy atom. The van der Waals surface area contributed by atoms with E-state index in [0.717, 1.165) is 11.8 Å². The third-order valence-corrected chi connectivity index (χ3v) is 3.87. The number of nitrogens with two attached hydrogens (primary N) is 1. The number of nitrogens with zero attached hydrogens (tertiary/aromatic N) is 1. The smallest absolute Gasteiger partial charge is 0.238 e. The van der Waals surface area contributed by atoms with Gasteiger partial charge in [0.2, 0.25) is 5.88 Å². The minimum Gasteiger partial charge on any atom is -0.497 e. The molecule has 0 aliphatic rings. The zero-order chi connectivity index (χ0) is 15.5. The second kappa shape index (κ2) is 6.11. The molecular weight excluding hydrogens is 292 g/mol. The molecule has 0 radical (unpaired) electrons. The number of hydrogen-bond donors (Lipinski definition) is 1. The highest BCUT2D eigenvalue weighted by Crippen LogP contribution is 2.29. The lowest BCUT2D eigenvalue weighted by atomic mass is 10.2. The molecule has 21 heavy (non-hydrogen) atoms. The fraction of sp³-hybridized carbons (Fsp3) is 0.214. The fourth-order valence-corrected chi connectivity index (χ4v) is 2.51. The van der Waals surface area contributed by atoms with Crippen LogP contribution >= 0.6 is 0 Å². The summed E-state index contributed by atoms with van der Waals surface area (Å²) in [4.78, 5) is 4.01. The molecule has 0 unspecified atom stereocenters. The zero-order valence-corrected chi connectivity index (χ0v) is 12.6.